The quantitative estimate of drug-likeness (QED) is 0.307. The summed E-state index contributed by atoms with van der Waals surface area (Å²) in [7, 11) is 1.57. The molecule has 3 aromatic rings. The summed E-state index contributed by atoms with van der Waals surface area (Å²) in [5.41, 5.74) is 3.43. The number of halogens is 1. The first-order valence-corrected chi connectivity index (χ1v) is 12.0. The zero-order chi connectivity index (χ0) is 25.3. The largest absolute Gasteiger partial charge is 0.508 e. The Morgan fingerprint density at radius 2 is 1.86 bits per heavy atom. The molecule has 4 rings (SSSR count). The number of methoxy groups -OCH3 is 1. The molecule has 0 aliphatic carbocycles. The second kappa shape index (κ2) is 9.58. The summed E-state index contributed by atoms with van der Waals surface area (Å²) < 4.78 is 6.61. The Bertz CT molecular complexity index is 1320. The van der Waals surface area contributed by atoms with E-state index in [0.717, 1.165) is 32.6 Å². The van der Waals surface area contributed by atoms with Crippen LogP contribution in [0.2, 0.25) is 0 Å². The number of hydrogen-bond acceptors (Lipinski definition) is 4. The van der Waals surface area contributed by atoms with Crippen molar-refractivity contribution in [3.05, 3.63) is 94.5 Å². The number of nitrogens with zero attached hydrogens (tertiary/aromatic N) is 2. The number of nitrogens with one attached hydrogen (secondary N) is 1. The maximum absolute atomic E-state index is 10.8. The predicted octanol–water partition coefficient (Wildman–Crippen LogP) is 6.71. The lowest BCUT2D eigenvalue weighted by molar-refractivity contribution is 0.395. The van der Waals surface area contributed by atoms with E-state index >= 15 is 0 Å². The molecule has 1 heterocycles. The summed E-state index contributed by atoms with van der Waals surface area (Å²) in [6.07, 6.45) is 2.28. The lowest BCUT2D eigenvalue weighted by Crippen LogP contribution is -2.39. The van der Waals surface area contributed by atoms with Gasteiger partial charge < -0.3 is 19.8 Å². The third-order valence-corrected chi connectivity index (χ3v) is 6.86. The standard InChI is InChI=1S/C28H28BrN3O3/c1-5-28(2,3)22-14-21(26(35-4)16-25(22)34)24-15-23(17-9-11-20(33)12-10-17)31-27(30)32(24)19-8-6-7-18(29)13-19/h5-14,16,24,30,33-34H,1,15H2,2-4H3. The van der Waals surface area contributed by atoms with Crippen molar-refractivity contribution in [3.8, 4) is 17.2 Å². The first-order chi connectivity index (χ1) is 16.6. The molecule has 7 heteroatoms. The second-order valence-corrected chi connectivity index (χ2v) is 9.95. The van der Waals surface area contributed by atoms with E-state index in [1.807, 2.05) is 49.1 Å². The number of phenols is 2. The number of guanidine groups is 1. The molecule has 0 bridgehead atoms. The molecule has 3 aromatic carbocycles. The number of anilines is 1. The highest BCUT2D eigenvalue weighted by atomic mass is 79.9. The molecular formula is C28H28BrN3O3. The number of hydrogen-bond donors (Lipinski definition) is 3. The maximum Gasteiger partial charge on any atom is 0.223 e. The fourth-order valence-electron chi connectivity index (χ4n) is 4.31. The third-order valence-electron chi connectivity index (χ3n) is 6.37. The van der Waals surface area contributed by atoms with Crippen LogP contribution >= 0.6 is 15.9 Å². The lowest BCUT2D eigenvalue weighted by atomic mass is 9.81. The molecule has 1 atom stereocenters. The van der Waals surface area contributed by atoms with Gasteiger partial charge in [-0.25, -0.2) is 4.99 Å². The predicted molar refractivity (Wildman–Crippen MR) is 144 cm³/mol. The van der Waals surface area contributed by atoms with Crippen molar-refractivity contribution in [1.29, 1.82) is 5.41 Å². The van der Waals surface area contributed by atoms with Gasteiger partial charge in [-0.2, -0.15) is 0 Å². The molecule has 6 nitrogen and oxygen atoms in total. The van der Waals surface area contributed by atoms with Crippen LogP contribution in [0.5, 0.6) is 17.2 Å². The zero-order valence-corrected chi connectivity index (χ0v) is 21.5. The number of allylic oxidation sites excluding steroid dienone is 1. The topological polar surface area (TPSA) is 89.1 Å². The van der Waals surface area contributed by atoms with Crippen LogP contribution in [0.1, 0.15) is 43.0 Å². The smallest absolute Gasteiger partial charge is 0.223 e. The number of aromatic hydroxyl groups is 2. The molecule has 0 radical (unpaired) electrons. The van der Waals surface area contributed by atoms with Crippen LogP contribution < -0.4 is 9.64 Å². The van der Waals surface area contributed by atoms with Crippen molar-refractivity contribution >= 4 is 33.3 Å². The van der Waals surface area contributed by atoms with Gasteiger partial charge in [-0.15, -0.1) is 6.58 Å². The van der Waals surface area contributed by atoms with Gasteiger partial charge in [0.15, 0.2) is 0 Å². The first-order valence-electron chi connectivity index (χ1n) is 11.2. The number of rotatable bonds is 6. The average Bonchev–Trinajstić information content (AvgIpc) is 2.83. The van der Waals surface area contributed by atoms with Crippen molar-refractivity contribution in [2.24, 2.45) is 4.99 Å². The summed E-state index contributed by atoms with van der Waals surface area (Å²) in [5.74, 6) is 0.907. The molecule has 35 heavy (non-hydrogen) atoms. The lowest BCUT2D eigenvalue weighted by Gasteiger charge is -2.37. The first kappa shape index (κ1) is 24.5. The SMILES string of the molecule is C=CC(C)(C)c1cc(C2CC(c3ccc(O)cc3)=NC(=N)N2c2cccc(Br)c2)c(OC)cc1O. The van der Waals surface area contributed by atoms with Gasteiger partial charge in [-0.1, -0.05) is 41.9 Å². The summed E-state index contributed by atoms with van der Waals surface area (Å²) in [6, 6.07) is 17.8. The van der Waals surface area contributed by atoms with Crippen LogP contribution in [0.4, 0.5) is 5.69 Å². The van der Waals surface area contributed by atoms with Crippen LogP contribution in [0, 0.1) is 5.41 Å². The van der Waals surface area contributed by atoms with Crippen molar-refractivity contribution in [1.82, 2.24) is 0 Å². The Balaban J connectivity index is 1.93. The van der Waals surface area contributed by atoms with Crippen molar-refractivity contribution in [3.63, 3.8) is 0 Å². The Kier molecular flexibility index (Phi) is 6.72. The molecule has 0 saturated heterocycles. The highest BCUT2D eigenvalue weighted by molar-refractivity contribution is 9.10. The van der Waals surface area contributed by atoms with E-state index in [1.54, 1.807) is 43.5 Å². The van der Waals surface area contributed by atoms with Gasteiger partial charge in [0.2, 0.25) is 5.96 Å². The van der Waals surface area contributed by atoms with Crippen LogP contribution in [-0.4, -0.2) is 29.0 Å². The Hall–Kier alpha value is -3.58. The molecule has 0 saturated carbocycles. The summed E-state index contributed by atoms with van der Waals surface area (Å²) in [5, 5.41) is 29.4. The van der Waals surface area contributed by atoms with Crippen LogP contribution in [-0.2, 0) is 5.41 Å². The minimum Gasteiger partial charge on any atom is -0.508 e. The van der Waals surface area contributed by atoms with Crippen molar-refractivity contribution in [2.75, 3.05) is 12.0 Å². The molecule has 1 unspecified atom stereocenters. The fourth-order valence-corrected chi connectivity index (χ4v) is 4.70. The van der Waals surface area contributed by atoms with Crippen LogP contribution in [0.3, 0.4) is 0 Å². The van der Waals surface area contributed by atoms with E-state index < -0.39 is 5.41 Å². The Morgan fingerprint density at radius 1 is 1.14 bits per heavy atom. The van der Waals surface area contributed by atoms with Gasteiger partial charge in [0.25, 0.3) is 0 Å². The minimum absolute atomic E-state index is 0.0853. The number of ether oxygens (including phenoxy) is 1. The van der Waals surface area contributed by atoms with E-state index in [4.69, 9.17) is 10.1 Å². The number of phenolic OH excluding ortho intramolecular Hbond substituents is 2. The fraction of sp³-hybridized carbons (Fsp3) is 0.214. The van der Waals surface area contributed by atoms with E-state index in [2.05, 4.69) is 27.5 Å². The van der Waals surface area contributed by atoms with Crippen molar-refractivity contribution in [2.45, 2.75) is 31.7 Å². The van der Waals surface area contributed by atoms with E-state index in [1.165, 1.54) is 0 Å². The third kappa shape index (κ3) is 4.82. The van der Waals surface area contributed by atoms with E-state index in [9.17, 15) is 10.2 Å². The molecule has 180 valence electrons. The van der Waals surface area contributed by atoms with Crippen LogP contribution in [0.25, 0.3) is 0 Å². The number of benzene rings is 3. The molecule has 0 spiro atoms. The summed E-state index contributed by atoms with van der Waals surface area (Å²) in [4.78, 5) is 6.50. The molecule has 0 aromatic heterocycles. The van der Waals surface area contributed by atoms with Gasteiger partial charge in [-0.05, 0) is 54.1 Å². The van der Waals surface area contributed by atoms with E-state index in [-0.39, 0.29) is 23.5 Å². The average molecular weight is 534 g/mol. The van der Waals surface area contributed by atoms with Gasteiger partial charge in [0.1, 0.15) is 17.2 Å². The van der Waals surface area contributed by atoms with Crippen LogP contribution in [0.15, 0.2) is 82.8 Å². The summed E-state index contributed by atoms with van der Waals surface area (Å²) in [6.45, 7) is 7.93. The van der Waals surface area contributed by atoms with E-state index in [0.29, 0.717) is 12.2 Å². The minimum atomic E-state index is -0.484. The second-order valence-electron chi connectivity index (χ2n) is 9.04. The maximum atomic E-state index is 10.8. The van der Waals surface area contributed by atoms with Crippen molar-refractivity contribution < 1.29 is 14.9 Å². The zero-order valence-electron chi connectivity index (χ0n) is 19.9. The van der Waals surface area contributed by atoms with Gasteiger partial charge >= 0.3 is 0 Å². The molecule has 0 amide bonds. The highest BCUT2D eigenvalue weighted by Crippen LogP contribution is 2.44. The Labute approximate surface area is 213 Å². The normalized spacial score (nSPS) is 16.1. The van der Waals surface area contributed by atoms with Gasteiger partial charge in [0.05, 0.1) is 18.9 Å². The molecule has 1 aliphatic rings. The molecular weight excluding hydrogens is 506 g/mol. The van der Waals surface area contributed by atoms with Gasteiger partial charge in [-0.3, -0.25) is 5.41 Å². The monoisotopic (exact) mass is 533 g/mol. The van der Waals surface area contributed by atoms with Gasteiger partial charge in [0, 0.05) is 39.2 Å². The highest BCUT2D eigenvalue weighted by Gasteiger charge is 2.35. The molecule has 0 fully saturated rings. The Morgan fingerprint density at radius 3 is 2.49 bits per heavy atom. The molecule has 3 N–H and O–H groups in total. The molecule has 1 aliphatic heterocycles. The summed E-state index contributed by atoms with van der Waals surface area (Å²) >= 11 is 3.54. The number of aliphatic imine (C=N–C) groups is 1.